The number of aromatic nitrogens is 2. The van der Waals surface area contributed by atoms with Gasteiger partial charge < -0.3 is 10.3 Å². The molecule has 0 saturated heterocycles. The van der Waals surface area contributed by atoms with Crippen molar-refractivity contribution in [1.29, 1.82) is 0 Å². The number of hydrogen-bond donors (Lipinski definition) is 2. The van der Waals surface area contributed by atoms with Crippen molar-refractivity contribution in [1.82, 2.24) is 20.3 Å². The molecule has 164 valence electrons. The molecule has 4 heterocycles. The summed E-state index contributed by atoms with van der Waals surface area (Å²) >= 11 is 0. The second-order valence-corrected chi connectivity index (χ2v) is 8.04. The molecule has 0 amide bonds. The Morgan fingerprint density at radius 3 is 2.78 bits per heavy atom. The zero-order valence-electron chi connectivity index (χ0n) is 17.5. The van der Waals surface area contributed by atoms with Crippen LogP contribution in [0.2, 0.25) is 0 Å². The van der Waals surface area contributed by atoms with Crippen molar-refractivity contribution in [2.45, 2.75) is 26.4 Å². The first-order chi connectivity index (χ1) is 15.4. The molecule has 2 atom stereocenters. The molecule has 1 aromatic carbocycles. The van der Waals surface area contributed by atoms with Crippen LogP contribution in [0.1, 0.15) is 23.7 Å². The highest BCUT2D eigenvalue weighted by molar-refractivity contribution is 6.01. The predicted molar refractivity (Wildman–Crippen MR) is 118 cm³/mol. The molecular weight excluding hydrogens is 417 g/mol. The van der Waals surface area contributed by atoms with Crippen LogP contribution in [0, 0.1) is 30.3 Å². The Morgan fingerprint density at radius 2 is 1.97 bits per heavy atom. The SMILES string of the molecule is Cc1[nH]c2c(F)cc(F)cc2c1CCN=C1C=C(c2cncc(F)c2)NC2C(C)C=NN12. The minimum Gasteiger partial charge on any atom is -0.363 e. The number of benzene rings is 1. The van der Waals surface area contributed by atoms with Crippen LogP contribution < -0.4 is 5.32 Å². The second-order valence-electron chi connectivity index (χ2n) is 8.04. The fraction of sp³-hybridized carbons (Fsp3) is 0.261. The lowest BCUT2D eigenvalue weighted by atomic mass is 10.1. The molecular formula is C23H21F3N6. The lowest BCUT2D eigenvalue weighted by Gasteiger charge is -2.33. The van der Waals surface area contributed by atoms with Crippen LogP contribution in [0.3, 0.4) is 0 Å². The van der Waals surface area contributed by atoms with Gasteiger partial charge >= 0.3 is 0 Å². The molecule has 0 radical (unpaired) electrons. The van der Waals surface area contributed by atoms with Crippen LogP contribution in [-0.2, 0) is 6.42 Å². The Hall–Kier alpha value is -3.62. The van der Waals surface area contributed by atoms with Gasteiger partial charge in [-0.15, -0.1) is 0 Å². The Balaban J connectivity index is 1.46. The van der Waals surface area contributed by atoms with Crippen LogP contribution >= 0.6 is 0 Å². The number of H-pyrrole nitrogens is 1. The molecule has 3 aromatic rings. The molecule has 0 saturated carbocycles. The lowest BCUT2D eigenvalue weighted by Crippen LogP contribution is -2.48. The van der Waals surface area contributed by atoms with E-state index < -0.39 is 17.5 Å². The fourth-order valence-corrected chi connectivity index (χ4v) is 4.20. The number of nitrogens with zero attached hydrogens (tertiary/aromatic N) is 4. The van der Waals surface area contributed by atoms with E-state index in [1.54, 1.807) is 11.2 Å². The molecule has 2 N–H and O–H groups in total. The van der Waals surface area contributed by atoms with Gasteiger partial charge in [0.1, 0.15) is 29.5 Å². The maximum atomic E-state index is 14.1. The summed E-state index contributed by atoms with van der Waals surface area (Å²) in [7, 11) is 0. The van der Waals surface area contributed by atoms with E-state index in [0.717, 1.165) is 23.5 Å². The maximum absolute atomic E-state index is 14.1. The van der Waals surface area contributed by atoms with E-state index in [-0.39, 0.29) is 12.1 Å². The van der Waals surface area contributed by atoms with Crippen molar-refractivity contribution < 1.29 is 13.2 Å². The molecule has 2 aromatic heterocycles. The zero-order chi connectivity index (χ0) is 22.4. The molecule has 2 aliphatic heterocycles. The van der Waals surface area contributed by atoms with Crippen molar-refractivity contribution in [3.05, 3.63) is 70.9 Å². The smallest absolute Gasteiger partial charge is 0.150 e. The van der Waals surface area contributed by atoms with Crippen LogP contribution in [-0.4, -0.2) is 39.7 Å². The van der Waals surface area contributed by atoms with Crippen LogP contribution in [0.5, 0.6) is 0 Å². The van der Waals surface area contributed by atoms with Gasteiger partial charge in [-0.3, -0.25) is 9.98 Å². The van der Waals surface area contributed by atoms with Crippen molar-refractivity contribution in [2.75, 3.05) is 6.54 Å². The van der Waals surface area contributed by atoms with Gasteiger partial charge in [0.05, 0.1) is 11.7 Å². The van der Waals surface area contributed by atoms with Crippen molar-refractivity contribution in [2.24, 2.45) is 16.0 Å². The lowest BCUT2D eigenvalue weighted by molar-refractivity contribution is 0.290. The van der Waals surface area contributed by atoms with E-state index in [2.05, 4.69) is 20.4 Å². The number of aryl methyl sites for hydroxylation is 1. The Labute approximate surface area is 182 Å². The second kappa shape index (κ2) is 7.81. The quantitative estimate of drug-likeness (QED) is 0.644. The van der Waals surface area contributed by atoms with Gasteiger partial charge in [0.15, 0.2) is 0 Å². The van der Waals surface area contributed by atoms with Crippen LogP contribution in [0.4, 0.5) is 13.2 Å². The van der Waals surface area contributed by atoms with Gasteiger partial charge in [-0.1, -0.05) is 6.92 Å². The minimum atomic E-state index is -0.612. The summed E-state index contributed by atoms with van der Waals surface area (Å²) in [4.78, 5) is 11.7. The van der Waals surface area contributed by atoms with E-state index in [1.807, 2.05) is 26.1 Å². The molecule has 0 aliphatic carbocycles. The van der Waals surface area contributed by atoms with Gasteiger partial charge in [-0.2, -0.15) is 5.10 Å². The van der Waals surface area contributed by atoms with Crippen molar-refractivity contribution in [3.8, 4) is 0 Å². The summed E-state index contributed by atoms with van der Waals surface area (Å²) < 4.78 is 41.6. The Bertz CT molecular complexity index is 1290. The molecule has 0 bridgehead atoms. The maximum Gasteiger partial charge on any atom is 0.150 e. The summed E-state index contributed by atoms with van der Waals surface area (Å²) in [5.74, 6) is -0.898. The van der Waals surface area contributed by atoms with Gasteiger partial charge in [-0.25, -0.2) is 18.2 Å². The van der Waals surface area contributed by atoms with E-state index in [0.29, 0.717) is 41.0 Å². The molecule has 5 rings (SSSR count). The first-order valence-electron chi connectivity index (χ1n) is 10.3. The van der Waals surface area contributed by atoms with Crippen molar-refractivity contribution >= 4 is 28.7 Å². The molecule has 2 unspecified atom stereocenters. The summed E-state index contributed by atoms with van der Waals surface area (Å²) in [6.07, 6.45) is 6.75. The summed E-state index contributed by atoms with van der Waals surface area (Å²) in [6.45, 7) is 4.26. The number of hydrazone groups is 1. The molecule has 2 aliphatic rings. The van der Waals surface area contributed by atoms with Gasteiger partial charge in [0.25, 0.3) is 0 Å². The number of pyridine rings is 1. The first-order valence-corrected chi connectivity index (χ1v) is 10.3. The number of rotatable bonds is 4. The van der Waals surface area contributed by atoms with E-state index >= 15 is 0 Å². The normalized spacial score (nSPS) is 21.2. The van der Waals surface area contributed by atoms with E-state index in [9.17, 15) is 13.2 Å². The summed E-state index contributed by atoms with van der Waals surface area (Å²) in [5, 5.41) is 10.1. The van der Waals surface area contributed by atoms with E-state index in [1.165, 1.54) is 12.1 Å². The highest BCUT2D eigenvalue weighted by Crippen LogP contribution is 2.28. The average Bonchev–Trinajstić information content (AvgIpc) is 3.28. The molecule has 6 nitrogen and oxygen atoms in total. The number of aliphatic imine (C=N–C) groups is 1. The van der Waals surface area contributed by atoms with Crippen molar-refractivity contribution in [3.63, 3.8) is 0 Å². The van der Waals surface area contributed by atoms with Crippen LogP contribution in [0.15, 0.2) is 46.8 Å². The monoisotopic (exact) mass is 438 g/mol. The summed E-state index contributed by atoms with van der Waals surface area (Å²) in [6, 6.07) is 3.63. The number of amidine groups is 1. The molecule has 0 spiro atoms. The standard InChI is InChI=1S/C23H21F3N6/c1-12-9-29-32-21(8-20(31-23(12)32)14-5-16(25)11-27-10-14)28-4-3-17-13(2)30-22-18(17)6-15(24)7-19(22)26/h5-12,23,30-31H,3-4H2,1-2H3. The average molecular weight is 438 g/mol. The zero-order valence-corrected chi connectivity index (χ0v) is 17.5. The minimum absolute atomic E-state index is 0.118. The third kappa shape index (κ3) is 3.53. The highest BCUT2D eigenvalue weighted by Gasteiger charge is 2.34. The fourth-order valence-electron chi connectivity index (χ4n) is 4.20. The third-order valence-corrected chi connectivity index (χ3v) is 5.80. The number of halogens is 3. The predicted octanol–water partition coefficient (Wildman–Crippen LogP) is 4.14. The Kier molecular flexibility index (Phi) is 4.96. The van der Waals surface area contributed by atoms with E-state index in [4.69, 9.17) is 4.99 Å². The number of aromatic amines is 1. The number of nitrogens with one attached hydrogen (secondary N) is 2. The molecule has 32 heavy (non-hydrogen) atoms. The number of hydrogen-bond acceptors (Lipinski definition) is 4. The molecule has 0 fully saturated rings. The topological polar surface area (TPSA) is 68.7 Å². The van der Waals surface area contributed by atoms with Gasteiger partial charge in [-0.05, 0) is 31.0 Å². The van der Waals surface area contributed by atoms with Gasteiger partial charge in [0, 0.05) is 59.4 Å². The first kappa shape index (κ1) is 20.3. The highest BCUT2D eigenvalue weighted by atomic mass is 19.1. The van der Waals surface area contributed by atoms with Gasteiger partial charge in [0.2, 0.25) is 0 Å². The Morgan fingerprint density at radius 1 is 1.12 bits per heavy atom. The molecule has 9 heteroatoms. The third-order valence-electron chi connectivity index (χ3n) is 5.80. The number of fused-ring (bicyclic) bond motifs is 2. The summed E-state index contributed by atoms with van der Waals surface area (Å²) in [5.41, 5.74) is 3.23. The largest absolute Gasteiger partial charge is 0.363 e. The van der Waals surface area contributed by atoms with Crippen LogP contribution in [0.25, 0.3) is 16.6 Å².